The summed E-state index contributed by atoms with van der Waals surface area (Å²) in [7, 11) is 3.86. The van der Waals surface area contributed by atoms with E-state index in [9.17, 15) is 5.11 Å². The van der Waals surface area contributed by atoms with E-state index in [0.29, 0.717) is 5.75 Å². The molecule has 1 N–H and O–H groups in total. The largest absolute Gasteiger partial charge is 0.505 e. The molecule has 0 aliphatic heterocycles. The number of nitrogens with zero attached hydrogens (tertiary/aromatic N) is 1. The lowest BCUT2D eigenvalue weighted by Crippen LogP contribution is -2.10. The third-order valence-corrected chi connectivity index (χ3v) is 3.04. The van der Waals surface area contributed by atoms with Gasteiger partial charge in [0.1, 0.15) is 0 Å². The molecule has 1 aromatic rings. The first kappa shape index (κ1) is 12.2. The lowest BCUT2D eigenvalue weighted by Gasteiger charge is -2.21. The van der Waals surface area contributed by atoms with Gasteiger partial charge in [0, 0.05) is 18.8 Å². The van der Waals surface area contributed by atoms with Crippen molar-refractivity contribution in [3.05, 3.63) is 18.2 Å². The van der Waals surface area contributed by atoms with Crippen molar-refractivity contribution in [3.63, 3.8) is 0 Å². The van der Waals surface area contributed by atoms with E-state index in [1.807, 2.05) is 37.2 Å². The summed E-state index contributed by atoms with van der Waals surface area (Å²) in [5.41, 5.74) is 0.865. The van der Waals surface area contributed by atoms with Gasteiger partial charge < -0.3 is 10.0 Å². The van der Waals surface area contributed by atoms with Crippen LogP contribution in [0.2, 0.25) is 0 Å². The Morgan fingerprint density at radius 2 is 1.80 bits per heavy atom. The van der Waals surface area contributed by atoms with Crippen molar-refractivity contribution in [1.82, 2.24) is 0 Å². The number of rotatable bonds is 2. The molecule has 0 unspecified atom stereocenters. The first-order chi connectivity index (χ1) is 6.81. The Morgan fingerprint density at radius 1 is 1.20 bits per heavy atom. The number of phenols is 1. The molecule has 0 saturated heterocycles. The zero-order valence-electron chi connectivity index (χ0n) is 10.0. The molecule has 0 saturated carbocycles. The van der Waals surface area contributed by atoms with Crippen LogP contribution in [-0.4, -0.2) is 23.9 Å². The average molecular weight is 225 g/mol. The fraction of sp³-hybridized carbons (Fsp3) is 0.500. The van der Waals surface area contributed by atoms with Gasteiger partial charge in [-0.1, -0.05) is 26.8 Å². The Kier molecular flexibility index (Phi) is 3.55. The minimum Gasteiger partial charge on any atom is -0.505 e. The van der Waals surface area contributed by atoms with Gasteiger partial charge in [0.05, 0.1) is 10.6 Å². The fourth-order valence-electron chi connectivity index (χ4n) is 1.28. The molecule has 2 nitrogen and oxygen atoms in total. The molecule has 0 fully saturated rings. The van der Waals surface area contributed by atoms with Crippen molar-refractivity contribution < 1.29 is 5.11 Å². The van der Waals surface area contributed by atoms with Crippen LogP contribution in [-0.2, 0) is 0 Å². The van der Waals surface area contributed by atoms with E-state index in [2.05, 4.69) is 20.8 Å². The van der Waals surface area contributed by atoms with E-state index < -0.39 is 0 Å². The van der Waals surface area contributed by atoms with Gasteiger partial charge in [0.25, 0.3) is 0 Å². The molecular formula is C12H19NOS. The van der Waals surface area contributed by atoms with Gasteiger partial charge in [-0.05, 0) is 12.1 Å². The predicted molar refractivity (Wildman–Crippen MR) is 68.0 cm³/mol. The third-order valence-electron chi connectivity index (χ3n) is 1.88. The number of anilines is 1. The second-order valence-electron chi connectivity index (χ2n) is 4.73. The van der Waals surface area contributed by atoms with Crippen molar-refractivity contribution in [3.8, 4) is 5.75 Å². The Morgan fingerprint density at radius 3 is 2.27 bits per heavy atom. The van der Waals surface area contributed by atoms with Gasteiger partial charge in [0.2, 0.25) is 0 Å². The highest BCUT2D eigenvalue weighted by molar-refractivity contribution is 8.00. The van der Waals surface area contributed by atoms with Gasteiger partial charge in [-0.15, -0.1) is 11.8 Å². The molecule has 0 heterocycles. The lowest BCUT2D eigenvalue weighted by molar-refractivity contribution is 0.462. The number of aromatic hydroxyl groups is 1. The van der Waals surface area contributed by atoms with Gasteiger partial charge in [-0.25, -0.2) is 0 Å². The Balaban J connectivity index is 3.05. The van der Waals surface area contributed by atoms with Crippen LogP contribution in [0.5, 0.6) is 5.75 Å². The van der Waals surface area contributed by atoms with Crippen molar-refractivity contribution >= 4 is 17.4 Å². The molecule has 84 valence electrons. The number of para-hydroxylation sites is 1. The monoisotopic (exact) mass is 225 g/mol. The SMILES string of the molecule is CN(C)c1cccc(SC(C)(C)C)c1O. The van der Waals surface area contributed by atoms with Crippen molar-refractivity contribution in [2.24, 2.45) is 0 Å². The van der Waals surface area contributed by atoms with Crippen LogP contribution in [0.1, 0.15) is 20.8 Å². The van der Waals surface area contributed by atoms with E-state index in [-0.39, 0.29) is 4.75 Å². The summed E-state index contributed by atoms with van der Waals surface area (Å²) in [6, 6.07) is 5.85. The minimum atomic E-state index is 0.114. The number of phenolic OH excluding ortho intramolecular Hbond substituents is 1. The normalized spacial score (nSPS) is 11.5. The molecule has 1 rings (SSSR count). The molecule has 0 atom stereocenters. The van der Waals surface area contributed by atoms with Crippen LogP contribution in [0.25, 0.3) is 0 Å². The topological polar surface area (TPSA) is 23.5 Å². The second-order valence-corrected chi connectivity index (χ2v) is 6.60. The first-order valence-electron chi connectivity index (χ1n) is 4.99. The number of benzene rings is 1. The highest BCUT2D eigenvalue weighted by Gasteiger charge is 2.16. The molecule has 0 bridgehead atoms. The Hall–Kier alpha value is -0.830. The van der Waals surface area contributed by atoms with E-state index in [4.69, 9.17) is 0 Å². The standard InChI is InChI=1S/C12H19NOS/c1-12(2,3)15-10-8-6-7-9(11(10)14)13(4)5/h6-8,14H,1-5H3. The van der Waals surface area contributed by atoms with Gasteiger partial charge in [-0.3, -0.25) is 0 Å². The molecule has 0 radical (unpaired) electrons. The quantitative estimate of drug-likeness (QED) is 0.781. The van der Waals surface area contributed by atoms with E-state index in [0.717, 1.165) is 10.6 Å². The summed E-state index contributed by atoms with van der Waals surface area (Å²) in [5, 5.41) is 10.1. The lowest BCUT2D eigenvalue weighted by atomic mass is 10.2. The van der Waals surface area contributed by atoms with E-state index >= 15 is 0 Å². The van der Waals surface area contributed by atoms with Crippen LogP contribution in [0.3, 0.4) is 0 Å². The number of hydrogen-bond acceptors (Lipinski definition) is 3. The van der Waals surface area contributed by atoms with Crippen LogP contribution in [0, 0.1) is 0 Å². The van der Waals surface area contributed by atoms with Crippen molar-refractivity contribution in [2.75, 3.05) is 19.0 Å². The number of hydrogen-bond donors (Lipinski definition) is 1. The molecule has 15 heavy (non-hydrogen) atoms. The van der Waals surface area contributed by atoms with Crippen molar-refractivity contribution in [2.45, 2.75) is 30.4 Å². The summed E-state index contributed by atoms with van der Waals surface area (Å²) < 4.78 is 0.114. The molecule has 0 aliphatic rings. The molecule has 0 aromatic heterocycles. The van der Waals surface area contributed by atoms with Gasteiger partial charge in [0.15, 0.2) is 5.75 Å². The van der Waals surface area contributed by atoms with Gasteiger partial charge in [-0.2, -0.15) is 0 Å². The summed E-state index contributed by atoms with van der Waals surface area (Å²) >= 11 is 1.68. The third kappa shape index (κ3) is 3.34. The molecule has 0 spiro atoms. The van der Waals surface area contributed by atoms with Crippen LogP contribution in [0.15, 0.2) is 23.1 Å². The second kappa shape index (κ2) is 4.35. The van der Waals surface area contributed by atoms with Crippen molar-refractivity contribution in [1.29, 1.82) is 0 Å². The van der Waals surface area contributed by atoms with Crippen LogP contribution < -0.4 is 4.90 Å². The average Bonchev–Trinajstić information content (AvgIpc) is 2.05. The highest BCUT2D eigenvalue weighted by Crippen LogP contribution is 2.41. The molecular weight excluding hydrogens is 206 g/mol. The van der Waals surface area contributed by atoms with E-state index in [1.165, 1.54) is 0 Å². The van der Waals surface area contributed by atoms with Crippen LogP contribution in [0.4, 0.5) is 5.69 Å². The summed E-state index contributed by atoms with van der Waals surface area (Å²) in [6.45, 7) is 6.41. The fourth-order valence-corrected chi connectivity index (χ4v) is 2.29. The van der Waals surface area contributed by atoms with Gasteiger partial charge >= 0.3 is 0 Å². The van der Waals surface area contributed by atoms with E-state index in [1.54, 1.807) is 11.8 Å². The molecule has 1 aromatic carbocycles. The summed E-state index contributed by atoms with van der Waals surface area (Å²) in [6.07, 6.45) is 0. The Labute approximate surface area is 96.3 Å². The minimum absolute atomic E-state index is 0.114. The zero-order chi connectivity index (χ0) is 11.6. The molecule has 0 aliphatic carbocycles. The smallest absolute Gasteiger partial charge is 0.152 e. The summed E-state index contributed by atoms with van der Waals surface area (Å²) in [4.78, 5) is 2.86. The molecule has 3 heteroatoms. The maximum absolute atomic E-state index is 10.1. The summed E-state index contributed by atoms with van der Waals surface area (Å²) in [5.74, 6) is 0.377. The maximum Gasteiger partial charge on any atom is 0.152 e. The number of thioether (sulfide) groups is 1. The zero-order valence-corrected chi connectivity index (χ0v) is 10.9. The Bertz CT molecular complexity index is 342. The molecule has 0 amide bonds. The maximum atomic E-state index is 10.1. The highest BCUT2D eigenvalue weighted by atomic mass is 32.2. The van der Waals surface area contributed by atoms with Crippen LogP contribution >= 0.6 is 11.8 Å². The first-order valence-corrected chi connectivity index (χ1v) is 5.81. The predicted octanol–water partition coefficient (Wildman–Crippen LogP) is 3.35.